The zero-order valence-electron chi connectivity index (χ0n) is 11.5. The van der Waals surface area contributed by atoms with Gasteiger partial charge >= 0.3 is 5.97 Å². The molecule has 23 heavy (non-hydrogen) atoms. The first kappa shape index (κ1) is 20.3. The van der Waals surface area contributed by atoms with E-state index >= 15 is 0 Å². The molecular formula is C11H17Cl2NO9. The number of hydrogen-bond donors (Lipinski definition) is 7. The van der Waals surface area contributed by atoms with Crippen LogP contribution in [0.25, 0.3) is 0 Å². The number of amides is 1. The highest BCUT2D eigenvalue weighted by Crippen LogP contribution is 2.30. The highest BCUT2D eigenvalue weighted by molar-refractivity contribution is 6.53. The second-order valence-corrected chi connectivity index (χ2v) is 6.12. The van der Waals surface area contributed by atoms with Crippen LogP contribution in [0.2, 0.25) is 0 Å². The topological polar surface area (TPSA) is 177 Å². The number of nitrogens with one attached hydrogen (secondary N) is 1. The Morgan fingerprint density at radius 3 is 2.35 bits per heavy atom. The van der Waals surface area contributed by atoms with Gasteiger partial charge in [0.15, 0.2) is 4.84 Å². The maximum absolute atomic E-state index is 11.5. The van der Waals surface area contributed by atoms with Crippen molar-refractivity contribution in [2.24, 2.45) is 0 Å². The molecule has 6 atom stereocenters. The van der Waals surface area contributed by atoms with Gasteiger partial charge in [0.1, 0.15) is 18.3 Å². The number of alkyl halides is 2. The van der Waals surface area contributed by atoms with Crippen LogP contribution in [0.3, 0.4) is 0 Å². The molecule has 10 nitrogen and oxygen atoms in total. The Balaban J connectivity index is 3.09. The highest BCUT2D eigenvalue weighted by atomic mass is 35.5. The van der Waals surface area contributed by atoms with Crippen molar-refractivity contribution in [3.8, 4) is 0 Å². The molecule has 1 rings (SSSR count). The van der Waals surface area contributed by atoms with Gasteiger partial charge in [-0.2, -0.15) is 0 Å². The molecule has 0 aromatic rings. The fourth-order valence-corrected chi connectivity index (χ4v) is 2.25. The molecule has 0 aliphatic carbocycles. The first-order valence-corrected chi connectivity index (χ1v) is 7.28. The number of carboxylic acid groups (broad SMARTS) is 1. The fraction of sp³-hybridized carbons (Fsp3) is 0.818. The summed E-state index contributed by atoms with van der Waals surface area (Å²) in [6.45, 7) is -0.920. The van der Waals surface area contributed by atoms with Crippen LogP contribution >= 0.6 is 23.2 Å². The maximum Gasteiger partial charge on any atom is 0.364 e. The number of halogens is 2. The van der Waals surface area contributed by atoms with Crippen LogP contribution in [0.15, 0.2) is 0 Å². The third-order valence-corrected chi connectivity index (χ3v) is 3.74. The molecule has 1 heterocycles. The second-order valence-electron chi connectivity index (χ2n) is 5.02. The van der Waals surface area contributed by atoms with Gasteiger partial charge in [0.05, 0.1) is 18.8 Å². The number of carbonyl (C=O) groups excluding carboxylic acids is 1. The smallest absolute Gasteiger partial charge is 0.364 e. The van der Waals surface area contributed by atoms with Crippen molar-refractivity contribution in [3.05, 3.63) is 0 Å². The summed E-state index contributed by atoms with van der Waals surface area (Å²) >= 11 is 10.7. The molecule has 7 N–H and O–H groups in total. The van der Waals surface area contributed by atoms with E-state index in [4.69, 9.17) is 38.2 Å². The fourth-order valence-electron chi connectivity index (χ4n) is 2.13. The summed E-state index contributed by atoms with van der Waals surface area (Å²) in [6.07, 6.45) is -7.99. The van der Waals surface area contributed by atoms with Crippen LogP contribution in [0, 0.1) is 0 Å². The van der Waals surface area contributed by atoms with Crippen molar-refractivity contribution in [1.29, 1.82) is 0 Å². The Labute approximate surface area is 140 Å². The quantitative estimate of drug-likeness (QED) is 0.236. The van der Waals surface area contributed by atoms with Gasteiger partial charge in [-0.15, -0.1) is 0 Å². The normalized spacial score (nSPS) is 34.0. The minimum atomic E-state index is -2.86. The van der Waals surface area contributed by atoms with Crippen molar-refractivity contribution in [1.82, 2.24) is 5.32 Å². The lowest BCUT2D eigenvalue weighted by Gasteiger charge is -2.44. The van der Waals surface area contributed by atoms with Crippen molar-refractivity contribution in [2.45, 2.75) is 47.5 Å². The van der Waals surface area contributed by atoms with Crippen LogP contribution in [-0.4, -0.2) is 90.2 Å². The van der Waals surface area contributed by atoms with E-state index in [1.165, 1.54) is 0 Å². The predicted octanol–water partition coefficient (Wildman–Crippen LogP) is -3.09. The van der Waals surface area contributed by atoms with Crippen LogP contribution in [0.4, 0.5) is 0 Å². The predicted molar refractivity (Wildman–Crippen MR) is 74.6 cm³/mol. The van der Waals surface area contributed by atoms with E-state index in [0.29, 0.717) is 0 Å². The molecule has 1 saturated heterocycles. The number of rotatable bonds is 6. The van der Waals surface area contributed by atoms with Gasteiger partial charge in [0.25, 0.3) is 11.7 Å². The number of ether oxygens (including phenoxy) is 1. The average molecular weight is 378 g/mol. The Hall–Kier alpha value is -0.720. The molecular weight excluding hydrogens is 361 g/mol. The van der Waals surface area contributed by atoms with Gasteiger partial charge in [0, 0.05) is 6.42 Å². The summed E-state index contributed by atoms with van der Waals surface area (Å²) in [5, 5.41) is 59.2. The molecule has 0 radical (unpaired) electrons. The molecule has 134 valence electrons. The zero-order chi connectivity index (χ0) is 17.9. The molecule has 0 saturated carbocycles. The standard InChI is InChI=1S/C11H17Cl2NO9/c12-8(13)9(19)14-5-3(16)1-11(22,10(20)21)23-7(5)6(18)4(17)2-15/h3-8,15-18,22H,1-2H2,(H,14,19)(H,20,21)/t3-,4+,5+,6+,7+,11?/m0/s1. The number of carbonyl (C=O) groups is 2. The van der Waals surface area contributed by atoms with Crippen molar-refractivity contribution >= 4 is 35.1 Å². The third-order valence-electron chi connectivity index (χ3n) is 3.34. The number of hydrogen-bond acceptors (Lipinski definition) is 8. The van der Waals surface area contributed by atoms with Gasteiger partial charge < -0.3 is 40.7 Å². The second kappa shape index (κ2) is 7.90. The van der Waals surface area contributed by atoms with Gasteiger partial charge in [0.2, 0.25) is 0 Å². The molecule has 0 bridgehead atoms. The molecule has 1 amide bonds. The molecule has 1 fully saturated rings. The first-order chi connectivity index (χ1) is 10.5. The molecule has 12 heteroatoms. The van der Waals surface area contributed by atoms with E-state index in [-0.39, 0.29) is 0 Å². The van der Waals surface area contributed by atoms with Crippen LogP contribution in [0.1, 0.15) is 6.42 Å². The number of aliphatic hydroxyl groups excluding tert-OH is 4. The summed E-state index contributed by atoms with van der Waals surface area (Å²) in [5.74, 6) is -5.68. The molecule has 1 unspecified atom stereocenters. The number of aliphatic hydroxyl groups is 5. The van der Waals surface area contributed by atoms with Crippen molar-refractivity contribution in [3.63, 3.8) is 0 Å². The summed E-state index contributed by atoms with van der Waals surface area (Å²) in [7, 11) is 0. The monoisotopic (exact) mass is 377 g/mol. The van der Waals surface area contributed by atoms with E-state index in [0.717, 1.165) is 0 Å². The van der Waals surface area contributed by atoms with E-state index in [1.807, 2.05) is 0 Å². The van der Waals surface area contributed by atoms with Gasteiger partial charge in [-0.25, -0.2) is 4.79 Å². The Morgan fingerprint density at radius 2 is 1.91 bits per heavy atom. The summed E-state index contributed by atoms with van der Waals surface area (Å²) in [5.41, 5.74) is 0. The summed E-state index contributed by atoms with van der Waals surface area (Å²) < 4.78 is 4.86. The lowest BCUT2D eigenvalue weighted by Crippen LogP contribution is -2.67. The molecule has 1 aliphatic heterocycles. The zero-order valence-corrected chi connectivity index (χ0v) is 13.1. The van der Waals surface area contributed by atoms with E-state index < -0.39 is 66.0 Å². The number of carboxylic acids is 1. The molecule has 1 aliphatic rings. The average Bonchev–Trinajstić information content (AvgIpc) is 2.47. The van der Waals surface area contributed by atoms with Gasteiger partial charge in [-0.05, 0) is 0 Å². The van der Waals surface area contributed by atoms with Gasteiger partial charge in [-0.1, -0.05) is 23.2 Å². The van der Waals surface area contributed by atoms with Crippen LogP contribution in [-0.2, 0) is 14.3 Å². The largest absolute Gasteiger partial charge is 0.477 e. The molecule has 0 aromatic heterocycles. The highest BCUT2D eigenvalue weighted by Gasteiger charge is 2.54. The molecule has 0 spiro atoms. The lowest BCUT2D eigenvalue weighted by molar-refractivity contribution is -0.295. The Morgan fingerprint density at radius 1 is 1.35 bits per heavy atom. The van der Waals surface area contributed by atoms with Crippen LogP contribution < -0.4 is 5.32 Å². The van der Waals surface area contributed by atoms with Crippen LogP contribution in [0.5, 0.6) is 0 Å². The SMILES string of the molecule is O=C(N[C@H]1[C@H]([C@H](O)[C@H](O)CO)OC(O)(C(=O)O)C[C@@H]1O)C(Cl)Cl. The Bertz CT molecular complexity index is 451. The lowest BCUT2D eigenvalue weighted by atomic mass is 9.88. The molecule has 0 aromatic carbocycles. The Kier molecular flexibility index (Phi) is 6.98. The number of aliphatic carboxylic acids is 1. The third kappa shape index (κ3) is 4.64. The van der Waals surface area contributed by atoms with Crippen molar-refractivity contribution < 1.29 is 45.0 Å². The summed E-state index contributed by atoms with van der Waals surface area (Å²) in [4.78, 5) is 21.1. The van der Waals surface area contributed by atoms with E-state index in [9.17, 15) is 30.0 Å². The summed E-state index contributed by atoms with van der Waals surface area (Å²) in [6, 6.07) is -1.45. The minimum absolute atomic E-state index is 0.832. The van der Waals surface area contributed by atoms with E-state index in [2.05, 4.69) is 5.32 Å². The van der Waals surface area contributed by atoms with Crippen molar-refractivity contribution in [2.75, 3.05) is 6.61 Å². The van der Waals surface area contributed by atoms with E-state index in [1.54, 1.807) is 0 Å². The van der Waals surface area contributed by atoms with Gasteiger partial charge in [-0.3, -0.25) is 4.79 Å². The first-order valence-electron chi connectivity index (χ1n) is 6.40. The minimum Gasteiger partial charge on any atom is -0.477 e. The maximum atomic E-state index is 11.5.